The third kappa shape index (κ3) is 4.15. The van der Waals surface area contributed by atoms with Crippen LogP contribution in [-0.2, 0) is 4.74 Å². The Hall–Kier alpha value is -4.02. The van der Waals surface area contributed by atoms with E-state index in [1.807, 2.05) is 19.9 Å². The van der Waals surface area contributed by atoms with Gasteiger partial charge in [-0.05, 0) is 44.0 Å². The highest BCUT2D eigenvalue weighted by Crippen LogP contribution is 2.29. The monoisotopic (exact) mass is 422 g/mol. The van der Waals surface area contributed by atoms with Gasteiger partial charge in [0.05, 0.1) is 18.3 Å². The zero-order valence-electron chi connectivity index (χ0n) is 17.4. The van der Waals surface area contributed by atoms with Crippen LogP contribution in [0.25, 0.3) is 5.95 Å². The summed E-state index contributed by atoms with van der Waals surface area (Å²) in [6, 6.07) is 4.52. The maximum atomic E-state index is 12.7. The van der Waals surface area contributed by atoms with Gasteiger partial charge in [0.1, 0.15) is 12.9 Å². The molecule has 11 nitrogen and oxygen atoms in total. The van der Waals surface area contributed by atoms with Gasteiger partial charge < -0.3 is 15.4 Å². The molecule has 1 saturated heterocycles. The van der Waals surface area contributed by atoms with E-state index in [4.69, 9.17) is 4.74 Å². The van der Waals surface area contributed by atoms with E-state index >= 15 is 0 Å². The van der Waals surface area contributed by atoms with E-state index in [9.17, 15) is 9.59 Å². The second kappa shape index (κ2) is 8.38. The first-order valence-corrected chi connectivity index (χ1v) is 9.74. The number of amides is 3. The van der Waals surface area contributed by atoms with Gasteiger partial charge in [-0.3, -0.25) is 4.90 Å². The molecule has 1 aliphatic heterocycles. The lowest BCUT2D eigenvalue weighted by Crippen LogP contribution is -2.33. The Bertz CT molecular complexity index is 1110. The molecule has 0 spiro atoms. The fourth-order valence-corrected chi connectivity index (χ4v) is 3.40. The first-order valence-electron chi connectivity index (χ1n) is 9.74. The van der Waals surface area contributed by atoms with Crippen LogP contribution in [-0.4, -0.2) is 50.0 Å². The average molecular weight is 422 g/mol. The van der Waals surface area contributed by atoms with E-state index in [0.29, 0.717) is 36.3 Å². The van der Waals surface area contributed by atoms with Crippen molar-refractivity contribution >= 4 is 23.5 Å². The molecule has 0 saturated carbocycles. The number of hydrogen-bond donors (Lipinski definition) is 2. The molecule has 2 N–H and O–H groups in total. The predicted octanol–water partition coefficient (Wildman–Crippen LogP) is 2.51. The van der Waals surface area contributed by atoms with Gasteiger partial charge in [0.2, 0.25) is 0 Å². The lowest BCUT2D eigenvalue weighted by Gasteiger charge is -2.20. The Morgan fingerprint density at radius 2 is 1.94 bits per heavy atom. The molecule has 0 unspecified atom stereocenters. The largest absolute Gasteiger partial charge is 0.447 e. The smallest absolute Gasteiger partial charge is 0.414 e. The molecule has 3 aromatic rings. The molecule has 1 atom stereocenters. The van der Waals surface area contributed by atoms with Crippen LogP contribution in [0.5, 0.6) is 0 Å². The number of rotatable bonds is 5. The van der Waals surface area contributed by atoms with Gasteiger partial charge in [-0.15, -0.1) is 0 Å². The third-order valence-electron chi connectivity index (χ3n) is 4.89. The summed E-state index contributed by atoms with van der Waals surface area (Å²) in [5.74, 6) is 0.850. The van der Waals surface area contributed by atoms with E-state index in [2.05, 4.69) is 30.7 Å². The number of benzene rings is 1. The van der Waals surface area contributed by atoms with Crippen LogP contribution in [0.3, 0.4) is 0 Å². The number of hydrogen-bond acceptors (Lipinski definition) is 7. The normalized spacial score (nSPS) is 14.3. The Labute approximate surface area is 178 Å². The van der Waals surface area contributed by atoms with E-state index < -0.39 is 18.2 Å². The van der Waals surface area contributed by atoms with Crippen molar-refractivity contribution in [2.24, 2.45) is 0 Å². The molecular formula is C20H22N8O3. The molecule has 4 rings (SSSR count). The van der Waals surface area contributed by atoms with Gasteiger partial charge in [0, 0.05) is 18.1 Å². The summed E-state index contributed by atoms with van der Waals surface area (Å²) >= 11 is 0. The maximum Gasteiger partial charge on any atom is 0.414 e. The van der Waals surface area contributed by atoms with Crippen molar-refractivity contribution in [3.63, 3.8) is 0 Å². The number of anilines is 2. The minimum Gasteiger partial charge on any atom is -0.447 e. The second-order valence-electron chi connectivity index (χ2n) is 7.12. The lowest BCUT2D eigenvalue weighted by molar-refractivity contribution is 0.181. The minimum absolute atomic E-state index is 0.346. The average Bonchev–Trinajstić information content (AvgIpc) is 3.40. The van der Waals surface area contributed by atoms with E-state index in [-0.39, 0.29) is 0 Å². The number of carbonyl (C=O) groups is 2. The first-order chi connectivity index (χ1) is 14.9. The van der Waals surface area contributed by atoms with Gasteiger partial charge in [0.15, 0.2) is 5.82 Å². The Kier molecular flexibility index (Phi) is 5.48. The highest BCUT2D eigenvalue weighted by molar-refractivity contribution is 5.94. The van der Waals surface area contributed by atoms with E-state index in [1.165, 1.54) is 11.0 Å². The van der Waals surface area contributed by atoms with Gasteiger partial charge in [-0.25, -0.2) is 24.5 Å². The van der Waals surface area contributed by atoms with Crippen LogP contribution < -0.4 is 15.5 Å². The molecular weight excluding hydrogens is 400 g/mol. The molecule has 1 aliphatic rings. The molecule has 160 valence electrons. The van der Waals surface area contributed by atoms with Crippen LogP contribution in [0, 0.1) is 13.8 Å². The molecule has 2 aromatic heterocycles. The third-order valence-corrected chi connectivity index (χ3v) is 4.89. The molecule has 31 heavy (non-hydrogen) atoms. The van der Waals surface area contributed by atoms with Crippen molar-refractivity contribution in [1.82, 2.24) is 30.0 Å². The molecule has 11 heteroatoms. The molecule has 1 fully saturated rings. The second-order valence-corrected chi connectivity index (χ2v) is 7.12. The van der Waals surface area contributed by atoms with Crippen molar-refractivity contribution in [1.29, 1.82) is 0 Å². The topological polar surface area (TPSA) is 127 Å². The number of aromatic nitrogens is 5. The Balaban J connectivity index is 1.50. The first kappa shape index (κ1) is 20.3. The van der Waals surface area contributed by atoms with Crippen LogP contribution in [0.4, 0.5) is 21.0 Å². The van der Waals surface area contributed by atoms with Crippen molar-refractivity contribution < 1.29 is 14.3 Å². The van der Waals surface area contributed by atoms with Gasteiger partial charge in [-0.2, -0.15) is 9.78 Å². The highest BCUT2D eigenvalue weighted by atomic mass is 16.6. The summed E-state index contributed by atoms with van der Waals surface area (Å²) in [6.45, 7) is 6.41. The predicted molar refractivity (Wildman–Crippen MR) is 112 cm³/mol. The molecule has 1 aromatic carbocycles. The van der Waals surface area contributed by atoms with Gasteiger partial charge in [-0.1, -0.05) is 6.07 Å². The summed E-state index contributed by atoms with van der Waals surface area (Å²) in [7, 11) is 0. The maximum absolute atomic E-state index is 12.7. The number of nitrogens with zero attached hydrogens (tertiary/aromatic N) is 6. The highest BCUT2D eigenvalue weighted by Gasteiger charge is 2.26. The zero-order chi connectivity index (χ0) is 22.0. The molecule has 0 radical (unpaired) electrons. The number of urea groups is 1. The number of nitrogens with one attached hydrogen (secondary N) is 2. The number of aryl methyl sites for hydroxylation is 2. The van der Waals surface area contributed by atoms with E-state index in [1.54, 1.807) is 36.4 Å². The van der Waals surface area contributed by atoms with Gasteiger partial charge >= 0.3 is 12.1 Å². The fraction of sp³-hybridized carbons (Fsp3) is 0.300. The summed E-state index contributed by atoms with van der Waals surface area (Å²) < 4.78 is 6.50. The van der Waals surface area contributed by atoms with Crippen molar-refractivity contribution in [2.45, 2.75) is 26.8 Å². The fourth-order valence-electron chi connectivity index (χ4n) is 3.40. The van der Waals surface area contributed by atoms with Crippen LogP contribution in [0.2, 0.25) is 0 Å². The number of cyclic esters (lactones) is 1. The Morgan fingerprint density at radius 1 is 1.16 bits per heavy atom. The van der Waals surface area contributed by atoms with Crippen molar-refractivity contribution in [2.75, 3.05) is 23.4 Å². The zero-order valence-corrected chi connectivity index (χ0v) is 17.4. The summed E-state index contributed by atoms with van der Waals surface area (Å²) in [5, 5.41) is 9.84. The van der Waals surface area contributed by atoms with Gasteiger partial charge in [0.25, 0.3) is 5.95 Å². The Morgan fingerprint density at radius 3 is 2.65 bits per heavy atom. The summed E-state index contributed by atoms with van der Waals surface area (Å²) in [4.78, 5) is 38.7. The van der Waals surface area contributed by atoms with Crippen molar-refractivity contribution in [3.05, 3.63) is 53.9 Å². The number of carbonyl (C=O) groups excluding carboxylic acids is 2. The van der Waals surface area contributed by atoms with E-state index in [0.717, 1.165) is 11.1 Å². The standard InChI is InChI=1S/C20H22N8O3/c1-12-9-13(2)16(27-7-8-31-20(27)30)10-15(12)26-19(29)25-14(3)17-23-11-24-28(17)18-21-5-4-6-22-18/h4-6,9-11,14H,7-8H2,1-3H3,(H2,25,26,29)/t14-/m0/s1. The quantitative estimate of drug-likeness (QED) is 0.647. The SMILES string of the molecule is Cc1cc(C)c(N2CCOC2=O)cc1NC(=O)N[C@@H](C)c1ncnn1-c1ncccn1. The summed E-state index contributed by atoms with van der Waals surface area (Å²) in [5.41, 5.74) is 3.10. The molecule has 3 amide bonds. The van der Waals surface area contributed by atoms with Crippen molar-refractivity contribution in [3.8, 4) is 5.95 Å². The number of ether oxygens (including phenoxy) is 1. The minimum atomic E-state index is -0.468. The van der Waals surface area contributed by atoms with Crippen LogP contribution in [0.15, 0.2) is 36.9 Å². The van der Waals surface area contributed by atoms with Crippen LogP contribution in [0.1, 0.15) is 29.9 Å². The van der Waals surface area contributed by atoms with Crippen LogP contribution >= 0.6 is 0 Å². The molecule has 0 aliphatic carbocycles. The molecule has 3 heterocycles. The lowest BCUT2D eigenvalue weighted by atomic mass is 10.1. The summed E-state index contributed by atoms with van der Waals surface area (Å²) in [6.07, 6.45) is 4.20. The molecule has 0 bridgehead atoms.